The van der Waals surface area contributed by atoms with Gasteiger partial charge in [-0.1, -0.05) is 23.2 Å². The van der Waals surface area contributed by atoms with Crippen LogP contribution in [0, 0.1) is 10.1 Å². The molecule has 19 heavy (non-hydrogen) atoms. The minimum Gasteiger partial charge on any atom is -0.454 e. The molecule has 0 bridgehead atoms. The molecule has 7 heteroatoms. The average Bonchev–Trinajstić information content (AvgIpc) is 2.34. The number of rotatable bonds is 3. The Labute approximate surface area is 118 Å². The fraction of sp³-hybridized carbons (Fsp3) is 0. The molecule has 0 atom stereocenters. The molecule has 2 rings (SSSR count). The lowest BCUT2D eigenvalue weighted by molar-refractivity contribution is -0.384. The van der Waals surface area contributed by atoms with Crippen LogP contribution in [0.4, 0.5) is 11.4 Å². The van der Waals surface area contributed by atoms with Crippen molar-refractivity contribution >= 4 is 34.6 Å². The van der Waals surface area contributed by atoms with Crippen LogP contribution in [0.5, 0.6) is 11.5 Å². The number of hydrogen-bond donors (Lipinski definition) is 1. The van der Waals surface area contributed by atoms with Crippen LogP contribution in [-0.2, 0) is 0 Å². The number of non-ortho nitro benzene ring substituents is 1. The van der Waals surface area contributed by atoms with Gasteiger partial charge in [0.1, 0.15) is 5.75 Å². The zero-order valence-corrected chi connectivity index (χ0v) is 11.0. The van der Waals surface area contributed by atoms with E-state index in [1.807, 2.05) is 0 Å². The predicted molar refractivity (Wildman–Crippen MR) is 74.0 cm³/mol. The van der Waals surface area contributed by atoms with Crippen molar-refractivity contribution < 1.29 is 9.66 Å². The molecule has 0 radical (unpaired) electrons. The lowest BCUT2D eigenvalue weighted by Crippen LogP contribution is -1.91. The number of halogens is 2. The lowest BCUT2D eigenvalue weighted by atomic mass is 10.3. The van der Waals surface area contributed by atoms with E-state index in [4.69, 9.17) is 33.7 Å². The maximum Gasteiger partial charge on any atom is 0.269 e. The van der Waals surface area contributed by atoms with Gasteiger partial charge in [-0.05, 0) is 24.3 Å². The number of nitro benzene ring substituents is 1. The second-order valence-corrected chi connectivity index (χ2v) is 4.48. The normalized spacial score (nSPS) is 10.2. The molecule has 2 aromatic rings. The van der Waals surface area contributed by atoms with Crippen molar-refractivity contribution in [3.05, 3.63) is 56.6 Å². The first kappa shape index (κ1) is 13.5. The molecule has 0 spiro atoms. The molecule has 0 aliphatic heterocycles. The summed E-state index contributed by atoms with van der Waals surface area (Å²) in [6.07, 6.45) is 0. The van der Waals surface area contributed by atoms with E-state index in [-0.39, 0.29) is 21.5 Å². The minimum absolute atomic E-state index is 0.0261. The molecular formula is C12H8Cl2N2O3. The Morgan fingerprint density at radius 3 is 2.11 bits per heavy atom. The first-order valence-corrected chi connectivity index (χ1v) is 5.90. The highest BCUT2D eigenvalue weighted by Gasteiger charge is 2.11. The van der Waals surface area contributed by atoms with Crippen molar-refractivity contribution in [3.63, 3.8) is 0 Å². The number of nitrogens with zero attached hydrogens (tertiary/aromatic N) is 1. The Morgan fingerprint density at radius 1 is 1.11 bits per heavy atom. The molecule has 0 amide bonds. The smallest absolute Gasteiger partial charge is 0.269 e. The number of nitrogen functional groups attached to an aromatic ring is 1. The Kier molecular flexibility index (Phi) is 3.78. The third-order valence-electron chi connectivity index (χ3n) is 2.29. The van der Waals surface area contributed by atoms with Gasteiger partial charge in [0.25, 0.3) is 5.69 Å². The summed E-state index contributed by atoms with van der Waals surface area (Å²) in [6.45, 7) is 0. The van der Waals surface area contributed by atoms with Gasteiger partial charge >= 0.3 is 0 Å². The average molecular weight is 299 g/mol. The Bertz CT molecular complexity index is 606. The summed E-state index contributed by atoms with van der Waals surface area (Å²) in [5.74, 6) is 0.644. The first-order chi connectivity index (χ1) is 8.97. The molecule has 98 valence electrons. The zero-order valence-electron chi connectivity index (χ0n) is 9.47. The van der Waals surface area contributed by atoms with Crippen LogP contribution >= 0.6 is 23.2 Å². The van der Waals surface area contributed by atoms with E-state index in [1.165, 1.54) is 36.4 Å². The summed E-state index contributed by atoms with van der Waals surface area (Å²) >= 11 is 11.9. The highest BCUT2D eigenvalue weighted by atomic mass is 35.5. The topological polar surface area (TPSA) is 78.4 Å². The third-order valence-corrected chi connectivity index (χ3v) is 2.85. The number of benzene rings is 2. The Morgan fingerprint density at radius 2 is 1.63 bits per heavy atom. The Balaban J connectivity index is 2.29. The molecule has 0 saturated heterocycles. The SMILES string of the molecule is Nc1cc(Cl)c(Oc2ccc([N+](=O)[O-])cc2)c(Cl)c1. The maximum atomic E-state index is 10.5. The number of nitro groups is 1. The van der Waals surface area contributed by atoms with Gasteiger partial charge in [-0.2, -0.15) is 0 Å². The monoisotopic (exact) mass is 298 g/mol. The van der Waals surface area contributed by atoms with E-state index in [2.05, 4.69) is 0 Å². The summed E-state index contributed by atoms with van der Waals surface area (Å²) in [6, 6.07) is 8.59. The van der Waals surface area contributed by atoms with Crippen LogP contribution in [0.15, 0.2) is 36.4 Å². The molecule has 0 unspecified atom stereocenters. The van der Waals surface area contributed by atoms with E-state index in [9.17, 15) is 10.1 Å². The largest absolute Gasteiger partial charge is 0.454 e. The second kappa shape index (κ2) is 5.34. The number of ether oxygens (including phenoxy) is 1. The van der Waals surface area contributed by atoms with Crippen LogP contribution in [0.2, 0.25) is 10.0 Å². The molecule has 0 saturated carbocycles. The minimum atomic E-state index is -0.493. The van der Waals surface area contributed by atoms with Gasteiger partial charge in [0.15, 0.2) is 5.75 Å². The van der Waals surface area contributed by atoms with Crippen LogP contribution in [-0.4, -0.2) is 4.92 Å². The first-order valence-electron chi connectivity index (χ1n) is 5.14. The van der Waals surface area contributed by atoms with Crippen molar-refractivity contribution in [1.82, 2.24) is 0 Å². The molecule has 0 aliphatic carbocycles. The van der Waals surface area contributed by atoms with Crippen molar-refractivity contribution in [3.8, 4) is 11.5 Å². The van der Waals surface area contributed by atoms with Crippen LogP contribution in [0.1, 0.15) is 0 Å². The van der Waals surface area contributed by atoms with E-state index in [0.717, 1.165) is 0 Å². The third kappa shape index (κ3) is 3.07. The summed E-state index contributed by atoms with van der Waals surface area (Å²) in [5, 5.41) is 11.1. The fourth-order valence-electron chi connectivity index (χ4n) is 1.43. The van der Waals surface area contributed by atoms with Crippen molar-refractivity contribution in [2.45, 2.75) is 0 Å². The quantitative estimate of drug-likeness (QED) is 0.521. The Hall–Kier alpha value is -1.98. The molecule has 0 fully saturated rings. The standard InChI is InChI=1S/C12H8Cl2N2O3/c13-10-5-7(15)6-11(14)12(10)19-9-3-1-8(2-4-9)16(17)18/h1-6H,15H2. The second-order valence-electron chi connectivity index (χ2n) is 3.67. The zero-order chi connectivity index (χ0) is 14.0. The highest BCUT2D eigenvalue weighted by molar-refractivity contribution is 6.37. The fourth-order valence-corrected chi connectivity index (χ4v) is 2.01. The molecule has 5 nitrogen and oxygen atoms in total. The van der Waals surface area contributed by atoms with Crippen LogP contribution < -0.4 is 10.5 Å². The van der Waals surface area contributed by atoms with E-state index in [0.29, 0.717) is 11.4 Å². The molecule has 0 aliphatic rings. The number of nitrogens with two attached hydrogens (primary N) is 1. The summed E-state index contributed by atoms with van der Waals surface area (Å²) in [7, 11) is 0. The van der Waals surface area contributed by atoms with E-state index >= 15 is 0 Å². The highest BCUT2D eigenvalue weighted by Crippen LogP contribution is 2.38. The number of anilines is 1. The lowest BCUT2D eigenvalue weighted by Gasteiger charge is -2.10. The molecular weight excluding hydrogens is 291 g/mol. The van der Waals surface area contributed by atoms with Gasteiger partial charge < -0.3 is 10.5 Å². The van der Waals surface area contributed by atoms with Gasteiger partial charge in [0, 0.05) is 17.8 Å². The van der Waals surface area contributed by atoms with Gasteiger partial charge in [-0.25, -0.2) is 0 Å². The molecule has 0 aromatic heterocycles. The van der Waals surface area contributed by atoms with Crippen molar-refractivity contribution in [1.29, 1.82) is 0 Å². The van der Waals surface area contributed by atoms with Gasteiger partial charge in [-0.3, -0.25) is 10.1 Å². The van der Waals surface area contributed by atoms with Crippen LogP contribution in [0.3, 0.4) is 0 Å². The van der Waals surface area contributed by atoms with E-state index < -0.39 is 4.92 Å². The molecule has 2 aromatic carbocycles. The van der Waals surface area contributed by atoms with Gasteiger partial charge in [-0.15, -0.1) is 0 Å². The van der Waals surface area contributed by atoms with Crippen LogP contribution in [0.25, 0.3) is 0 Å². The molecule has 0 heterocycles. The van der Waals surface area contributed by atoms with Crippen molar-refractivity contribution in [2.24, 2.45) is 0 Å². The summed E-state index contributed by atoms with van der Waals surface area (Å²) in [5.41, 5.74) is 5.97. The molecule has 2 N–H and O–H groups in total. The van der Waals surface area contributed by atoms with Gasteiger partial charge in [0.05, 0.1) is 15.0 Å². The van der Waals surface area contributed by atoms with Crippen molar-refractivity contribution in [2.75, 3.05) is 5.73 Å². The predicted octanol–water partition coefficient (Wildman–Crippen LogP) is 4.28. The summed E-state index contributed by atoms with van der Waals surface area (Å²) in [4.78, 5) is 10.0. The summed E-state index contributed by atoms with van der Waals surface area (Å²) < 4.78 is 5.49. The maximum absolute atomic E-state index is 10.5. The number of hydrogen-bond acceptors (Lipinski definition) is 4. The van der Waals surface area contributed by atoms with E-state index in [1.54, 1.807) is 0 Å². The van der Waals surface area contributed by atoms with Gasteiger partial charge in [0.2, 0.25) is 0 Å².